The Morgan fingerprint density at radius 2 is 2.00 bits per heavy atom. The van der Waals surface area contributed by atoms with Gasteiger partial charge in [-0.2, -0.15) is 0 Å². The van der Waals surface area contributed by atoms with Gasteiger partial charge in [-0.05, 0) is 49.9 Å². The summed E-state index contributed by atoms with van der Waals surface area (Å²) in [5.74, 6) is -0.409. The Bertz CT molecular complexity index is 822. The van der Waals surface area contributed by atoms with Crippen molar-refractivity contribution >= 4 is 29.1 Å². The van der Waals surface area contributed by atoms with Crippen LogP contribution in [-0.4, -0.2) is 24.4 Å². The monoisotopic (exact) mass is 384 g/mol. The van der Waals surface area contributed by atoms with Crippen LogP contribution in [0.5, 0.6) is 0 Å². The van der Waals surface area contributed by atoms with Crippen LogP contribution in [0.25, 0.3) is 0 Å². The average Bonchev–Trinajstić information content (AvgIpc) is 3.05. The molecule has 4 nitrogen and oxygen atoms in total. The van der Waals surface area contributed by atoms with Crippen LogP contribution in [0.15, 0.2) is 48.5 Å². The Morgan fingerprint density at radius 1 is 1.26 bits per heavy atom. The molecule has 0 aliphatic carbocycles. The Balaban J connectivity index is 1.54. The molecule has 0 unspecified atom stereocenters. The molecule has 0 bridgehead atoms. The number of halogens is 1. The Morgan fingerprint density at radius 3 is 2.70 bits per heavy atom. The number of aryl methyl sites for hydroxylation is 2. The number of anilines is 1. The van der Waals surface area contributed by atoms with E-state index in [-0.39, 0.29) is 30.2 Å². The fraction of sp³-hybridized carbons (Fsp3) is 0.364. The first-order valence-electron chi connectivity index (χ1n) is 9.35. The van der Waals surface area contributed by atoms with Crippen molar-refractivity contribution in [3.05, 3.63) is 64.7 Å². The van der Waals surface area contributed by atoms with Gasteiger partial charge >= 0.3 is 0 Å². The van der Waals surface area contributed by atoms with Crippen molar-refractivity contribution in [3.63, 3.8) is 0 Å². The van der Waals surface area contributed by atoms with Gasteiger partial charge in [-0.25, -0.2) is 0 Å². The number of hydrogen-bond donors (Lipinski definition) is 1. The molecule has 2 aromatic carbocycles. The molecule has 1 N–H and O–H groups in total. The Kier molecular flexibility index (Phi) is 6.17. The van der Waals surface area contributed by atoms with Gasteiger partial charge in [0.1, 0.15) is 0 Å². The standard InChI is InChI=1S/C22H25ClN2O2/c1-15-8-11-19(13-20(15)23)25-14-18(12-21(25)26)22(27)24-16(2)9-10-17-6-4-3-5-7-17/h3-8,11,13,16,18H,9-10,12,14H2,1-2H3,(H,24,27)/t16-,18-/m0/s1. The smallest absolute Gasteiger partial charge is 0.227 e. The minimum absolute atomic E-state index is 0.0352. The number of rotatable bonds is 6. The molecule has 2 aromatic rings. The lowest BCUT2D eigenvalue weighted by Gasteiger charge is -2.19. The summed E-state index contributed by atoms with van der Waals surface area (Å²) in [5.41, 5.74) is 2.98. The van der Waals surface area contributed by atoms with Crippen LogP contribution < -0.4 is 10.2 Å². The van der Waals surface area contributed by atoms with Gasteiger partial charge in [-0.1, -0.05) is 48.0 Å². The van der Waals surface area contributed by atoms with Crippen molar-refractivity contribution in [2.45, 2.75) is 39.2 Å². The van der Waals surface area contributed by atoms with Gasteiger partial charge in [-0.15, -0.1) is 0 Å². The summed E-state index contributed by atoms with van der Waals surface area (Å²) >= 11 is 6.18. The number of benzene rings is 2. The molecule has 1 saturated heterocycles. The summed E-state index contributed by atoms with van der Waals surface area (Å²) in [7, 11) is 0. The lowest BCUT2D eigenvalue weighted by atomic mass is 10.0. The molecule has 0 radical (unpaired) electrons. The van der Waals surface area contributed by atoms with Crippen LogP contribution >= 0.6 is 11.6 Å². The first kappa shape index (κ1) is 19.4. The molecule has 2 atom stereocenters. The van der Waals surface area contributed by atoms with Crippen molar-refractivity contribution in [2.24, 2.45) is 5.92 Å². The zero-order valence-electron chi connectivity index (χ0n) is 15.7. The summed E-state index contributed by atoms with van der Waals surface area (Å²) in [5, 5.41) is 3.69. The van der Waals surface area contributed by atoms with Crippen molar-refractivity contribution in [1.82, 2.24) is 5.32 Å². The van der Waals surface area contributed by atoms with Crippen LogP contribution in [0.2, 0.25) is 5.02 Å². The van der Waals surface area contributed by atoms with Gasteiger partial charge in [0.15, 0.2) is 0 Å². The molecule has 27 heavy (non-hydrogen) atoms. The molecule has 1 aliphatic rings. The molecule has 5 heteroatoms. The quantitative estimate of drug-likeness (QED) is 0.813. The molecule has 3 rings (SSSR count). The lowest BCUT2D eigenvalue weighted by molar-refractivity contribution is -0.126. The third-order valence-electron chi connectivity index (χ3n) is 5.06. The van der Waals surface area contributed by atoms with Crippen LogP contribution in [0.3, 0.4) is 0 Å². The summed E-state index contributed by atoms with van der Waals surface area (Å²) in [6.45, 7) is 4.33. The second-order valence-electron chi connectivity index (χ2n) is 7.27. The van der Waals surface area contributed by atoms with Crippen molar-refractivity contribution in [3.8, 4) is 0 Å². The largest absolute Gasteiger partial charge is 0.353 e. The number of amides is 2. The minimum Gasteiger partial charge on any atom is -0.353 e. The molecule has 1 fully saturated rings. The average molecular weight is 385 g/mol. The van der Waals surface area contributed by atoms with Gasteiger partial charge in [0.25, 0.3) is 0 Å². The van der Waals surface area contributed by atoms with E-state index in [1.54, 1.807) is 11.0 Å². The van der Waals surface area contributed by atoms with E-state index < -0.39 is 0 Å². The first-order chi connectivity index (χ1) is 12.9. The third kappa shape index (κ3) is 4.89. The highest BCUT2D eigenvalue weighted by Crippen LogP contribution is 2.29. The fourth-order valence-electron chi connectivity index (χ4n) is 3.34. The van der Waals surface area contributed by atoms with Crippen LogP contribution in [-0.2, 0) is 16.0 Å². The van der Waals surface area contributed by atoms with Crippen molar-refractivity contribution in [1.29, 1.82) is 0 Å². The van der Waals surface area contributed by atoms with Crippen molar-refractivity contribution in [2.75, 3.05) is 11.4 Å². The number of nitrogens with one attached hydrogen (secondary N) is 1. The van der Waals surface area contributed by atoms with Gasteiger partial charge in [-0.3, -0.25) is 9.59 Å². The van der Waals surface area contributed by atoms with E-state index in [2.05, 4.69) is 17.4 Å². The fourth-order valence-corrected chi connectivity index (χ4v) is 3.52. The predicted octanol–water partition coefficient (Wildman–Crippen LogP) is 4.14. The van der Waals surface area contributed by atoms with E-state index in [0.717, 1.165) is 24.1 Å². The summed E-state index contributed by atoms with van der Waals surface area (Å²) in [6.07, 6.45) is 2.02. The normalized spacial score (nSPS) is 17.8. The first-order valence-corrected chi connectivity index (χ1v) is 9.72. The van der Waals surface area contributed by atoms with Crippen LogP contribution in [0.4, 0.5) is 5.69 Å². The minimum atomic E-state index is -0.322. The van der Waals surface area contributed by atoms with Crippen molar-refractivity contribution < 1.29 is 9.59 Å². The highest BCUT2D eigenvalue weighted by Gasteiger charge is 2.35. The van der Waals surface area contributed by atoms with E-state index in [0.29, 0.717) is 11.6 Å². The highest BCUT2D eigenvalue weighted by molar-refractivity contribution is 6.31. The third-order valence-corrected chi connectivity index (χ3v) is 5.47. The van der Waals surface area contributed by atoms with Crippen LogP contribution in [0.1, 0.15) is 30.9 Å². The molecule has 2 amide bonds. The van der Waals surface area contributed by atoms with Gasteiger partial charge in [0.05, 0.1) is 5.92 Å². The Hall–Kier alpha value is -2.33. The Labute approximate surface area is 165 Å². The maximum atomic E-state index is 12.6. The van der Waals surface area contributed by atoms with Gasteiger partial charge in [0.2, 0.25) is 11.8 Å². The molecule has 1 aliphatic heterocycles. The maximum Gasteiger partial charge on any atom is 0.227 e. The van der Waals surface area contributed by atoms with E-state index in [1.807, 2.05) is 44.2 Å². The van der Waals surface area contributed by atoms with Crippen LogP contribution in [0, 0.1) is 12.8 Å². The van der Waals surface area contributed by atoms with E-state index in [4.69, 9.17) is 11.6 Å². The van der Waals surface area contributed by atoms with E-state index in [1.165, 1.54) is 5.56 Å². The number of hydrogen-bond acceptors (Lipinski definition) is 2. The van der Waals surface area contributed by atoms with Gasteiger partial charge < -0.3 is 10.2 Å². The predicted molar refractivity (Wildman–Crippen MR) is 109 cm³/mol. The SMILES string of the molecule is Cc1ccc(N2C[C@@H](C(=O)N[C@@H](C)CCc3ccccc3)CC2=O)cc1Cl. The molecular weight excluding hydrogens is 360 g/mol. The second kappa shape index (κ2) is 8.57. The molecule has 0 aromatic heterocycles. The zero-order chi connectivity index (χ0) is 19.4. The molecule has 0 saturated carbocycles. The molecule has 1 heterocycles. The summed E-state index contributed by atoms with van der Waals surface area (Å²) in [4.78, 5) is 26.6. The van der Waals surface area contributed by atoms with Gasteiger partial charge in [0, 0.05) is 29.7 Å². The highest BCUT2D eigenvalue weighted by atomic mass is 35.5. The number of nitrogens with zero attached hydrogens (tertiary/aromatic N) is 1. The topological polar surface area (TPSA) is 49.4 Å². The molecule has 0 spiro atoms. The molecule has 142 valence electrons. The second-order valence-corrected chi connectivity index (χ2v) is 7.68. The summed E-state index contributed by atoms with van der Waals surface area (Å²) in [6, 6.07) is 15.9. The molecular formula is C22H25ClN2O2. The lowest BCUT2D eigenvalue weighted by Crippen LogP contribution is -2.38. The maximum absolute atomic E-state index is 12.6. The number of carbonyl (C=O) groups is 2. The number of carbonyl (C=O) groups excluding carboxylic acids is 2. The van der Waals surface area contributed by atoms with E-state index >= 15 is 0 Å². The summed E-state index contributed by atoms with van der Waals surface area (Å²) < 4.78 is 0. The van der Waals surface area contributed by atoms with E-state index in [9.17, 15) is 9.59 Å². The zero-order valence-corrected chi connectivity index (χ0v) is 16.5.